The van der Waals surface area contributed by atoms with Crippen LogP contribution in [0.1, 0.15) is 25.7 Å². The topological polar surface area (TPSA) is 77.8 Å². The molecule has 0 aromatic heterocycles. The lowest BCUT2D eigenvalue weighted by molar-refractivity contribution is -0.149. The molecule has 0 radical (unpaired) electrons. The van der Waals surface area contributed by atoms with E-state index in [1.165, 1.54) is 11.3 Å². The first-order valence-corrected chi connectivity index (χ1v) is 6.31. The van der Waals surface area contributed by atoms with Gasteiger partial charge in [-0.05, 0) is 24.7 Å². The quantitative estimate of drug-likeness (QED) is 0.715. The average molecular weight is 239 g/mol. The number of amides is 1. The molecule has 1 aliphatic heterocycles. The molecule has 3 rings (SSSR count). The summed E-state index contributed by atoms with van der Waals surface area (Å²) in [7, 11) is 0. The number of carbonyl (C=O) groups excluding carboxylic acids is 1. The number of fused-ring (bicyclic) bond motifs is 1. The Labute approximate surface area is 99.4 Å². The Morgan fingerprint density at radius 3 is 2.41 bits per heavy atom. The number of aliphatic hydroxyl groups is 1. The average Bonchev–Trinajstić information content (AvgIpc) is 2.67. The van der Waals surface area contributed by atoms with E-state index in [2.05, 4.69) is 0 Å². The molecule has 5 nitrogen and oxygen atoms in total. The first-order chi connectivity index (χ1) is 8.09. The van der Waals surface area contributed by atoms with Crippen molar-refractivity contribution in [3.63, 3.8) is 0 Å². The van der Waals surface area contributed by atoms with Gasteiger partial charge < -0.3 is 15.1 Å². The van der Waals surface area contributed by atoms with Crippen molar-refractivity contribution in [3.8, 4) is 0 Å². The van der Waals surface area contributed by atoms with Crippen LogP contribution in [0.3, 0.4) is 0 Å². The Hall–Kier alpha value is -1.10. The number of likely N-dealkylation sites (tertiary alicyclic amines) is 1. The molecule has 94 valence electrons. The Balaban J connectivity index is 1.71. The monoisotopic (exact) mass is 239 g/mol. The van der Waals surface area contributed by atoms with Gasteiger partial charge in [-0.3, -0.25) is 4.79 Å². The molecule has 3 fully saturated rings. The van der Waals surface area contributed by atoms with Gasteiger partial charge in [0.15, 0.2) is 0 Å². The summed E-state index contributed by atoms with van der Waals surface area (Å²) in [5.74, 6) is 0.00429. The molecule has 0 aromatic carbocycles. The van der Waals surface area contributed by atoms with Crippen molar-refractivity contribution in [2.75, 3.05) is 6.54 Å². The molecule has 2 aliphatic carbocycles. The second-order valence-corrected chi connectivity index (χ2v) is 5.52. The largest absolute Gasteiger partial charge is 0.480 e. The predicted octanol–water partition coefficient (Wildman–Crippen LogP) is 0.0789. The molecule has 1 heterocycles. The van der Waals surface area contributed by atoms with Crippen molar-refractivity contribution in [1.29, 1.82) is 0 Å². The lowest BCUT2D eigenvalue weighted by Crippen LogP contribution is -2.42. The van der Waals surface area contributed by atoms with Crippen LogP contribution in [0.2, 0.25) is 0 Å². The standard InChI is InChI=1S/C12H17NO4/c14-6-4-9(12(16)17)13(5-6)11(15)10-7-2-1-3-8(7)10/h6-10,14H,1-5H2,(H,16,17). The SMILES string of the molecule is O=C(O)C1CC(O)CN1C(=O)C1C2CCCC21. The molecule has 4 atom stereocenters. The van der Waals surface area contributed by atoms with E-state index in [1.54, 1.807) is 0 Å². The van der Waals surface area contributed by atoms with Gasteiger partial charge in [-0.1, -0.05) is 6.42 Å². The molecule has 1 amide bonds. The van der Waals surface area contributed by atoms with Gasteiger partial charge in [0, 0.05) is 18.9 Å². The van der Waals surface area contributed by atoms with E-state index in [4.69, 9.17) is 5.11 Å². The highest BCUT2D eigenvalue weighted by atomic mass is 16.4. The van der Waals surface area contributed by atoms with Crippen molar-refractivity contribution in [3.05, 3.63) is 0 Å². The maximum atomic E-state index is 12.2. The molecule has 0 aromatic rings. The molecule has 4 unspecified atom stereocenters. The number of β-amino-alcohol motifs (C(OH)–C–C–N with tert-alkyl or cyclic N) is 1. The van der Waals surface area contributed by atoms with E-state index < -0.39 is 18.1 Å². The second kappa shape index (κ2) is 3.70. The van der Waals surface area contributed by atoms with Gasteiger partial charge in [0.2, 0.25) is 5.91 Å². The Kier molecular flexibility index (Phi) is 2.40. The summed E-state index contributed by atoms with van der Waals surface area (Å²) in [6, 6.07) is -0.821. The zero-order valence-corrected chi connectivity index (χ0v) is 9.58. The highest BCUT2D eigenvalue weighted by Crippen LogP contribution is 2.58. The number of hydrogen-bond acceptors (Lipinski definition) is 3. The van der Waals surface area contributed by atoms with E-state index in [0.29, 0.717) is 11.8 Å². The number of hydrogen-bond donors (Lipinski definition) is 2. The molecule has 5 heteroatoms. The Bertz CT molecular complexity index is 360. The number of carboxylic acid groups (broad SMARTS) is 1. The van der Waals surface area contributed by atoms with Crippen LogP contribution in [0, 0.1) is 17.8 Å². The smallest absolute Gasteiger partial charge is 0.326 e. The zero-order chi connectivity index (χ0) is 12.2. The summed E-state index contributed by atoms with van der Waals surface area (Å²) in [6.45, 7) is 0.186. The lowest BCUT2D eigenvalue weighted by atomic mass is 10.1. The van der Waals surface area contributed by atoms with Crippen LogP contribution < -0.4 is 0 Å². The van der Waals surface area contributed by atoms with Gasteiger partial charge in [0.25, 0.3) is 0 Å². The number of aliphatic hydroxyl groups excluding tert-OH is 1. The van der Waals surface area contributed by atoms with Gasteiger partial charge in [0.05, 0.1) is 6.10 Å². The van der Waals surface area contributed by atoms with Crippen LogP contribution in [0.5, 0.6) is 0 Å². The molecule has 0 bridgehead atoms. The van der Waals surface area contributed by atoms with Crippen LogP contribution >= 0.6 is 0 Å². The van der Waals surface area contributed by atoms with E-state index in [0.717, 1.165) is 12.8 Å². The summed E-state index contributed by atoms with van der Waals surface area (Å²) < 4.78 is 0. The molecule has 17 heavy (non-hydrogen) atoms. The molecule has 1 saturated heterocycles. The van der Waals surface area contributed by atoms with Crippen LogP contribution in [-0.4, -0.2) is 45.7 Å². The number of rotatable bonds is 2. The van der Waals surface area contributed by atoms with Crippen molar-refractivity contribution >= 4 is 11.9 Å². The second-order valence-electron chi connectivity index (χ2n) is 5.52. The van der Waals surface area contributed by atoms with Crippen LogP contribution in [0.15, 0.2) is 0 Å². The summed E-state index contributed by atoms with van der Waals surface area (Å²) in [4.78, 5) is 24.7. The number of aliphatic carboxylic acids is 1. The summed E-state index contributed by atoms with van der Waals surface area (Å²) in [5.41, 5.74) is 0. The summed E-state index contributed by atoms with van der Waals surface area (Å²) in [5, 5.41) is 18.6. The molecule has 2 N–H and O–H groups in total. The van der Waals surface area contributed by atoms with E-state index in [-0.39, 0.29) is 24.8 Å². The van der Waals surface area contributed by atoms with Crippen molar-refractivity contribution < 1.29 is 19.8 Å². The van der Waals surface area contributed by atoms with E-state index >= 15 is 0 Å². The van der Waals surface area contributed by atoms with Gasteiger partial charge in [-0.15, -0.1) is 0 Å². The highest BCUT2D eigenvalue weighted by Gasteiger charge is 2.59. The summed E-state index contributed by atoms with van der Waals surface area (Å²) in [6.07, 6.45) is 2.90. The fraction of sp³-hybridized carbons (Fsp3) is 0.833. The van der Waals surface area contributed by atoms with Gasteiger partial charge >= 0.3 is 5.97 Å². The fourth-order valence-electron chi connectivity index (χ4n) is 3.67. The Morgan fingerprint density at radius 1 is 1.18 bits per heavy atom. The predicted molar refractivity (Wildman–Crippen MR) is 58.1 cm³/mol. The van der Waals surface area contributed by atoms with Crippen LogP contribution in [0.25, 0.3) is 0 Å². The minimum atomic E-state index is -0.999. The third kappa shape index (κ3) is 1.64. The van der Waals surface area contributed by atoms with E-state index in [1.807, 2.05) is 0 Å². The van der Waals surface area contributed by atoms with Crippen molar-refractivity contribution in [2.45, 2.75) is 37.8 Å². The highest BCUT2D eigenvalue weighted by molar-refractivity contribution is 5.88. The van der Waals surface area contributed by atoms with E-state index in [9.17, 15) is 14.7 Å². The minimum Gasteiger partial charge on any atom is -0.480 e. The number of carbonyl (C=O) groups is 2. The molecular weight excluding hydrogens is 222 g/mol. The van der Waals surface area contributed by atoms with Gasteiger partial charge in [-0.25, -0.2) is 4.79 Å². The first kappa shape index (κ1) is 11.0. The maximum absolute atomic E-state index is 12.2. The zero-order valence-electron chi connectivity index (χ0n) is 9.58. The third-order valence-electron chi connectivity index (χ3n) is 4.54. The first-order valence-electron chi connectivity index (χ1n) is 6.31. The van der Waals surface area contributed by atoms with Crippen LogP contribution in [0.4, 0.5) is 0 Å². The minimum absolute atomic E-state index is 0.0383. The Morgan fingerprint density at radius 2 is 1.82 bits per heavy atom. The van der Waals surface area contributed by atoms with Crippen LogP contribution in [-0.2, 0) is 9.59 Å². The molecular formula is C12H17NO4. The lowest BCUT2D eigenvalue weighted by Gasteiger charge is -2.22. The number of nitrogens with zero attached hydrogens (tertiary/aromatic N) is 1. The third-order valence-corrected chi connectivity index (χ3v) is 4.54. The van der Waals surface area contributed by atoms with Crippen molar-refractivity contribution in [1.82, 2.24) is 4.90 Å². The molecule has 0 spiro atoms. The van der Waals surface area contributed by atoms with Gasteiger partial charge in [0.1, 0.15) is 6.04 Å². The normalized spacial score (nSPS) is 43.6. The summed E-state index contributed by atoms with van der Waals surface area (Å²) >= 11 is 0. The van der Waals surface area contributed by atoms with Crippen molar-refractivity contribution in [2.24, 2.45) is 17.8 Å². The maximum Gasteiger partial charge on any atom is 0.326 e. The molecule has 3 aliphatic rings. The van der Waals surface area contributed by atoms with Gasteiger partial charge in [-0.2, -0.15) is 0 Å². The fourth-order valence-corrected chi connectivity index (χ4v) is 3.67. The number of carboxylic acids is 1. The molecule has 2 saturated carbocycles.